The first-order chi connectivity index (χ1) is 8.24. The maximum Gasteiger partial charge on any atom is 0.144 e. The fraction of sp³-hybridized carbons (Fsp3) is 0.286. The molecule has 2 aromatic rings. The van der Waals surface area contributed by atoms with Gasteiger partial charge in [0, 0.05) is 18.9 Å². The van der Waals surface area contributed by atoms with Gasteiger partial charge in [0.05, 0.1) is 6.20 Å². The third-order valence-corrected chi connectivity index (χ3v) is 2.56. The van der Waals surface area contributed by atoms with Gasteiger partial charge in [-0.2, -0.15) is 0 Å². The number of nitrogens with zero attached hydrogens (tertiary/aromatic N) is 2. The van der Waals surface area contributed by atoms with E-state index in [1.54, 1.807) is 18.6 Å². The molecule has 2 rings (SSSR count). The van der Waals surface area contributed by atoms with Crippen LogP contribution in [0, 0.1) is 13.8 Å². The quantitative estimate of drug-likeness (QED) is 0.872. The molecule has 1 N–H and O–H groups in total. The first kappa shape index (κ1) is 11.6. The standard InChI is InChI=1S/C14H17N3/c1-11-7-12(2)9-13(8-11)3-4-16-14-10-15-5-6-17-14/h5-10H,3-4H2,1-2H3,(H,16,17). The molecule has 0 saturated carbocycles. The first-order valence-corrected chi connectivity index (χ1v) is 5.81. The van der Waals surface area contributed by atoms with Crippen LogP contribution < -0.4 is 5.32 Å². The summed E-state index contributed by atoms with van der Waals surface area (Å²) in [7, 11) is 0. The maximum absolute atomic E-state index is 4.17. The molecule has 0 unspecified atom stereocenters. The predicted molar refractivity (Wildman–Crippen MR) is 70.1 cm³/mol. The van der Waals surface area contributed by atoms with Crippen LogP contribution in [-0.2, 0) is 6.42 Å². The summed E-state index contributed by atoms with van der Waals surface area (Å²) in [5, 5.41) is 3.26. The van der Waals surface area contributed by atoms with Gasteiger partial charge < -0.3 is 5.32 Å². The Morgan fingerprint density at radius 3 is 2.47 bits per heavy atom. The third kappa shape index (κ3) is 3.55. The zero-order valence-corrected chi connectivity index (χ0v) is 10.3. The van der Waals surface area contributed by atoms with E-state index in [4.69, 9.17) is 0 Å². The van der Waals surface area contributed by atoms with Crippen LogP contribution in [0.4, 0.5) is 5.82 Å². The Kier molecular flexibility index (Phi) is 3.70. The summed E-state index contributed by atoms with van der Waals surface area (Å²) < 4.78 is 0. The number of hydrogen-bond acceptors (Lipinski definition) is 3. The molecule has 17 heavy (non-hydrogen) atoms. The normalized spacial score (nSPS) is 10.2. The van der Waals surface area contributed by atoms with E-state index in [2.05, 4.69) is 47.3 Å². The Hall–Kier alpha value is -1.90. The van der Waals surface area contributed by atoms with Gasteiger partial charge in [-0.15, -0.1) is 0 Å². The van der Waals surface area contributed by atoms with Crippen LogP contribution in [0.5, 0.6) is 0 Å². The second-order valence-corrected chi connectivity index (χ2v) is 4.26. The second-order valence-electron chi connectivity index (χ2n) is 4.26. The first-order valence-electron chi connectivity index (χ1n) is 5.81. The van der Waals surface area contributed by atoms with Crippen molar-refractivity contribution in [2.45, 2.75) is 20.3 Å². The highest BCUT2D eigenvalue weighted by Gasteiger charge is 1.97. The minimum absolute atomic E-state index is 0.830. The SMILES string of the molecule is Cc1cc(C)cc(CCNc2cnccn2)c1. The highest BCUT2D eigenvalue weighted by atomic mass is 15.0. The summed E-state index contributed by atoms with van der Waals surface area (Å²) in [6, 6.07) is 6.65. The van der Waals surface area contributed by atoms with Crippen molar-refractivity contribution in [3.8, 4) is 0 Å². The largest absolute Gasteiger partial charge is 0.368 e. The zero-order valence-electron chi connectivity index (χ0n) is 10.3. The lowest BCUT2D eigenvalue weighted by Crippen LogP contribution is -2.06. The van der Waals surface area contributed by atoms with Crippen molar-refractivity contribution in [2.75, 3.05) is 11.9 Å². The van der Waals surface area contributed by atoms with Crippen LogP contribution in [0.25, 0.3) is 0 Å². The van der Waals surface area contributed by atoms with Gasteiger partial charge in [0.15, 0.2) is 0 Å². The minimum Gasteiger partial charge on any atom is -0.368 e. The number of aromatic nitrogens is 2. The van der Waals surface area contributed by atoms with Crippen LogP contribution in [0.3, 0.4) is 0 Å². The fourth-order valence-corrected chi connectivity index (χ4v) is 1.94. The molecular weight excluding hydrogens is 210 g/mol. The van der Waals surface area contributed by atoms with Crippen LogP contribution in [0.15, 0.2) is 36.8 Å². The van der Waals surface area contributed by atoms with Crippen LogP contribution in [0.1, 0.15) is 16.7 Å². The molecule has 0 bridgehead atoms. The van der Waals surface area contributed by atoms with Gasteiger partial charge in [-0.05, 0) is 25.8 Å². The number of aryl methyl sites for hydroxylation is 2. The number of hydrogen-bond donors (Lipinski definition) is 1. The van der Waals surface area contributed by atoms with Gasteiger partial charge in [-0.3, -0.25) is 4.98 Å². The third-order valence-electron chi connectivity index (χ3n) is 2.56. The molecule has 1 aromatic carbocycles. The van der Waals surface area contributed by atoms with Gasteiger partial charge >= 0.3 is 0 Å². The van der Waals surface area contributed by atoms with E-state index in [9.17, 15) is 0 Å². The van der Waals surface area contributed by atoms with Gasteiger partial charge in [0.25, 0.3) is 0 Å². The lowest BCUT2D eigenvalue weighted by molar-refractivity contribution is 0.994. The number of anilines is 1. The van der Waals surface area contributed by atoms with Gasteiger partial charge in [0.2, 0.25) is 0 Å². The highest BCUT2D eigenvalue weighted by molar-refractivity contribution is 5.32. The zero-order chi connectivity index (χ0) is 12.1. The van der Waals surface area contributed by atoms with Crippen molar-refractivity contribution in [3.05, 3.63) is 53.5 Å². The van der Waals surface area contributed by atoms with Crippen molar-refractivity contribution >= 4 is 5.82 Å². The van der Waals surface area contributed by atoms with Gasteiger partial charge in [-0.25, -0.2) is 4.98 Å². The van der Waals surface area contributed by atoms with E-state index in [0.29, 0.717) is 0 Å². The smallest absolute Gasteiger partial charge is 0.144 e. The summed E-state index contributed by atoms with van der Waals surface area (Å²) >= 11 is 0. The number of rotatable bonds is 4. The lowest BCUT2D eigenvalue weighted by Gasteiger charge is -2.06. The van der Waals surface area contributed by atoms with Crippen LogP contribution in [0.2, 0.25) is 0 Å². The Bertz CT molecular complexity index is 460. The molecule has 1 aromatic heterocycles. The Morgan fingerprint density at radius 1 is 1.06 bits per heavy atom. The fourth-order valence-electron chi connectivity index (χ4n) is 1.94. The average Bonchev–Trinajstić information content (AvgIpc) is 2.29. The Labute approximate surface area is 102 Å². The Balaban J connectivity index is 1.90. The van der Waals surface area contributed by atoms with E-state index in [1.807, 2.05) is 0 Å². The maximum atomic E-state index is 4.17. The molecule has 0 atom stereocenters. The summed E-state index contributed by atoms with van der Waals surface area (Å²) in [6.45, 7) is 5.14. The van der Waals surface area contributed by atoms with Gasteiger partial charge in [0.1, 0.15) is 5.82 Å². The monoisotopic (exact) mass is 227 g/mol. The molecule has 0 aliphatic carbocycles. The van der Waals surface area contributed by atoms with E-state index >= 15 is 0 Å². The molecule has 0 fully saturated rings. The minimum atomic E-state index is 0.830. The molecule has 0 radical (unpaired) electrons. The van der Waals surface area contributed by atoms with E-state index in [-0.39, 0.29) is 0 Å². The predicted octanol–water partition coefficient (Wildman–Crippen LogP) is 2.75. The molecule has 1 heterocycles. The van der Waals surface area contributed by atoms with E-state index in [0.717, 1.165) is 18.8 Å². The van der Waals surface area contributed by atoms with Crippen molar-refractivity contribution in [3.63, 3.8) is 0 Å². The molecule has 0 saturated heterocycles. The lowest BCUT2D eigenvalue weighted by atomic mass is 10.1. The van der Waals surface area contributed by atoms with Crippen molar-refractivity contribution in [1.29, 1.82) is 0 Å². The molecule has 88 valence electrons. The van der Waals surface area contributed by atoms with Crippen LogP contribution >= 0.6 is 0 Å². The van der Waals surface area contributed by atoms with E-state index < -0.39 is 0 Å². The highest BCUT2D eigenvalue weighted by Crippen LogP contribution is 2.09. The van der Waals surface area contributed by atoms with Crippen LogP contribution in [-0.4, -0.2) is 16.5 Å². The second kappa shape index (κ2) is 5.43. The molecule has 3 heteroatoms. The summed E-state index contributed by atoms with van der Waals surface area (Å²) in [5.74, 6) is 0.830. The molecule has 0 spiro atoms. The van der Waals surface area contributed by atoms with Crippen molar-refractivity contribution in [1.82, 2.24) is 9.97 Å². The molecule has 0 aliphatic heterocycles. The number of nitrogens with one attached hydrogen (secondary N) is 1. The van der Waals surface area contributed by atoms with Crippen molar-refractivity contribution in [2.24, 2.45) is 0 Å². The Morgan fingerprint density at radius 2 is 1.82 bits per heavy atom. The number of benzene rings is 1. The molecule has 0 amide bonds. The molecular formula is C14H17N3. The molecule has 0 aliphatic rings. The average molecular weight is 227 g/mol. The van der Waals surface area contributed by atoms with E-state index in [1.165, 1.54) is 16.7 Å². The molecule has 3 nitrogen and oxygen atoms in total. The summed E-state index contributed by atoms with van der Waals surface area (Å²) in [4.78, 5) is 8.18. The topological polar surface area (TPSA) is 37.8 Å². The summed E-state index contributed by atoms with van der Waals surface area (Å²) in [6.07, 6.45) is 6.11. The van der Waals surface area contributed by atoms with Gasteiger partial charge in [-0.1, -0.05) is 29.3 Å². The van der Waals surface area contributed by atoms with Crippen molar-refractivity contribution < 1.29 is 0 Å². The summed E-state index contributed by atoms with van der Waals surface area (Å²) in [5.41, 5.74) is 4.00.